The molecule has 0 saturated carbocycles. The highest BCUT2D eigenvalue weighted by molar-refractivity contribution is 6.23. The molecule has 1 aliphatic heterocycles. The third-order valence-corrected chi connectivity index (χ3v) is 8.52. The van der Waals surface area contributed by atoms with E-state index in [-0.39, 0.29) is 46.2 Å². The monoisotopic (exact) mass is 558 g/mol. The molecule has 42 heavy (non-hydrogen) atoms. The Bertz CT molecular complexity index is 1710. The average Bonchev–Trinajstić information content (AvgIpc) is 3.29. The van der Waals surface area contributed by atoms with E-state index in [2.05, 4.69) is 0 Å². The first-order valence-corrected chi connectivity index (χ1v) is 13.5. The normalized spacial score (nSPS) is 21.4. The van der Waals surface area contributed by atoms with Crippen LogP contribution in [0.4, 0.5) is 11.4 Å². The Hall–Kier alpha value is -5.44. The van der Waals surface area contributed by atoms with Crippen molar-refractivity contribution >= 4 is 34.9 Å². The molecular weight excluding hydrogens is 536 g/mol. The van der Waals surface area contributed by atoms with Gasteiger partial charge in [0, 0.05) is 29.5 Å². The van der Waals surface area contributed by atoms with Gasteiger partial charge in [-0.15, -0.1) is 0 Å². The van der Waals surface area contributed by atoms with Crippen molar-refractivity contribution in [3.63, 3.8) is 0 Å². The van der Waals surface area contributed by atoms with Gasteiger partial charge in [-0.25, -0.2) is 9.69 Å². The Morgan fingerprint density at radius 1 is 0.714 bits per heavy atom. The third-order valence-electron chi connectivity index (χ3n) is 8.52. The summed E-state index contributed by atoms with van der Waals surface area (Å²) in [5.41, 5.74) is 4.63. The Kier molecular flexibility index (Phi) is 5.83. The number of non-ortho nitro benzene ring substituents is 1. The second-order valence-electron chi connectivity index (χ2n) is 10.6. The summed E-state index contributed by atoms with van der Waals surface area (Å²) in [6.45, 7) is -0.577. The van der Waals surface area contributed by atoms with E-state index in [4.69, 9.17) is 4.74 Å². The number of esters is 1. The quantitative estimate of drug-likeness (QED) is 0.107. The number of carbonyl (C=O) groups excluding carboxylic acids is 4. The maximum Gasteiger partial charge on any atom is 0.338 e. The maximum absolute atomic E-state index is 14.0. The van der Waals surface area contributed by atoms with Gasteiger partial charge in [0.2, 0.25) is 11.8 Å². The van der Waals surface area contributed by atoms with E-state index >= 15 is 0 Å². The number of nitro benzene ring substituents is 1. The van der Waals surface area contributed by atoms with Gasteiger partial charge in [-0.05, 0) is 52.6 Å². The van der Waals surface area contributed by atoms with Gasteiger partial charge in [-0.2, -0.15) is 0 Å². The minimum absolute atomic E-state index is 0.0778. The average molecular weight is 559 g/mol. The fourth-order valence-corrected chi connectivity index (χ4v) is 6.77. The van der Waals surface area contributed by atoms with Crippen molar-refractivity contribution in [2.45, 2.75) is 11.8 Å². The third kappa shape index (κ3) is 3.77. The highest BCUT2D eigenvalue weighted by Gasteiger charge is 2.61. The SMILES string of the molecule is O=C(COC(=O)c1cccc(N2C(=O)[C@@H]3C4c5ccccc5C(c5ccccc54)[C@H]3C2=O)c1)c1ccc([N+](=O)[O-])cc1. The van der Waals surface area contributed by atoms with Gasteiger partial charge in [0.15, 0.2) is 12.4 Å². The molecule has 9 nitrogen and oxygen atoms in total. The van der Waals surface area contributed by atoms with E-state index in [1.165, 1.54) is 41.3 Å². The van der Waals surface area contributed by atoms with Crippen molar-refractivity contribution in [3.8, 4) is 0 Å². The van der Waals surface area contributed by atoms with Gasteiger partial charge in [0.25, 0.3) is 5.69 Å². The van der Waals surface area contributed by atoms with Crippen LogP contribution in [0.15, 0.2) is 97.1 Å². The van der Waals surface area contributed by atoms with Crippen LogP contribution in [-0.4, -0.2) is 35.1 Å². The number of hydrogen-bond acceptors (Lipinski definition) is 7. The Labute approximate surface area is 239 Å². The largest absolute Gasteiger partial charge is 0.454 e. The molecule has 3 aliphatic carbocycles. The molecule has 4 aromatic rings. The molecule has 0 unspecified atom stereocenters. The van der Waals surface area contributed by atoms with Gasteiger partial charge in [-0.1, -0.05) is 54.6 Å². The van der Waals surface area contributed by atoms with E-state index in [1.807, 2.05) is 48.5 Å². The summed E-state index contributed by atoms with van der Waals surface area (Å²) in [5.74, 6) is -3.53. The highest BCUT2D eigenvalue weighted by Crippen LogP contribution is 2.61. The predicted molar refractivity (Wildman–Crippen MR) is 150 cm³/mol. The second kappa shape index (κ2) is 9.59. The molecule has 9 heteroatoms. The number of ketones is 1. The van der Waals surface area contributed by atoms with Crippen molar-refractivity contribution in [1.29, 1.82) is 0 Å². The Balaban J connectivity index is 1.14. The molecule has 1 fully saturated rings. The van der Waals surface area contributed by atoms with E-state index in [9.17, 15) is 29.3 Å². The number of amides is 2. The number of anilines is 1. The number of hydrogen-bond donors (Lipinski definition) is 0. The molecule has 1 saturated heterocycles. The number of nitro groups is 1. The van der Waals surface area contributed by atoms with Crippen LogP contribution in [0, 0.1) is 22.0 Å². The molecule has 2 amide bonds. The van der Waals surface area contributed by atoms with Crippen LogP contribution >= 0.6 is 0 Å². The second-order valence-corrected chi connectivity index (χ2v) is 10.6. The lowest BCUT2D eigenvalue weighted by atomic mass is 9.55. The van der Waals surface area contributed by atoms with Crippen LogP contribution in [0.1, 0.15) is 54.8 Å². The number of nitrogens with zero attached hydrogens (tertiary/aromatic N) is 2. The maximum atomic E-state index is 14.0. The zero-order valence-electron chi connectivity index (χ0n) is 22.0. The fourth-order valence-electron chi connectivity index (χ4n) is 6.77. The van der Waals surface area contributed by atoms with Crippen LogP contribution in [0.3, 0.4) is 0 Å². The van der Waals surface area contributed by atoms with Crippen molar-refractivity contribution in [2.75, 3.05) is 11.5 Å². The molecule has 4 aromatic carbocycles. The number of benzene rings is 4. The first-order chi connectivity index (χ1) is 20.3. The lowest BCUT2D eigenvalue weighted by molar-refractivity contribution is -0.384. The molecule has 4 aliphatic rings. The molecule has 8 rings (SSSR count). The summed E-state index contributed by atoms with van der Waals surface area (Å²) in [6.07, 6.45) is 0. The molecule has 0 radical (unpaired) electrons. The van der Waals surface area contributed by atoms with Crippen molar-refractivity contribution in [1.82, 2.24) is 0 Å². The topological polar surface area (TPSA) is 124 Å². The molecule has 0 spiro atoms. The van der Waals surface area contributed by atoms with Gasteiger partial charge in [-0.3, -0.25) is 24.5 Å². The molecule has 2 bridgehead atoms. The number of imide groups is 1. The molecular formula is C33H22N2O7. The van der Waals surface area contributed by atoms with Gasteiger partial charge < -0.3 is 4.74 Å². The van der Waals surface area contributed by atoms with Crippen molar-refractivity contribution < 1.29 is 28.8 Å². The standard InChI is InChI=1S/C33H22N2O7/c36-26(18-12-14-20(15-13-18)35(40)41)17-42-33(39)19-6-5-7-21(16-19)34-31(37)29-27-22-8-1-2-9-23(22)28(30(29)32(34)38)25-11-4-3-10-24(25)27/h1-16,27-30H,17H2/t27?,28?,29-,30-/m1/s1. The number of rotatable bonds is 6. The van der Waals surface area contributed by atoms with E-state index in [0.29, 0.717) is 0 Å². The number of carbonyl (C=O) groups is 4. The summed E-state index contributed by atoms with van der Waals surface area (Å²) in [7, 11) is 0. The Morgan fingerprint density at radius 2 is 1.24 bits per heavy atom. The summed E-state index contributed by atoms with van der Waals surface area (Å²) in [5, 5.41) is 10.8. The smallest absolute Gasteiger partial charge is 0.338 e. The zero-order valence-corrected chi connectivity index (χ0v) is 22.0. The van der Waals surface area contributed by atoms with E-state index in [0.717, 1.165) is 22.3 Å². The van der Waals surface area contributed by atoms with Gasteiger partial charge >= 0.3 is 5.97 Å². The van der Waals surface area contributed by atoms with Crippen LogP contribution in [0.2, 0.25) is 0 Å². The van der Waals surface area contributed by atoms with Crippen LogP contribution in [0.5, 0.6) is 0 Å². The molecule has 206 valence electrons. The van der Waals surface area contributed by atoms with Crippen molar-refractivity contribution in [2.24, 2.45) is 11.8 Å². The zero-order chi connectivity index (χ0) is 29.1. The van der Waals surface area contributed by atoms with Gasteiger partial charge in [0.05, 0.1) is 28.0 Å². The lowest BCUT2D eigenvalue weighted by Crippen LogP contribution is -2.41. The molecule has 0 aromatic heterocycles. The van der Waals surface area contributed by atoms with Crippen molar-refractivity contribution in [3.05, 3.63) is 141 Å². The highest BCUT2D eigenvalue weighted by atomic mass is 16.6. The van der Waals surface area contributed by atoms with Gasteiger partial charge in [0.1, 0.15) is 0 Å². The minimum atomic E-state index is -0.802. The number of Topliss-reactive ketones (excluding diaryl/α,β-unsaturated/α-hetero) is 1. The van der Waals surface area contributed by atoms with Crippen LogP contribution in [0.25, 0.3) is 0 Å². The summed E-state index contributed by atoms with van der Waals surface area (Å²) in [6, 6.07) is 27.0. The van der Waals surface area contributed by atoms with E-state index < -0.39 is 35.1 Å². The Morgan fingerprint density at radius 3 is 1.74 bits per heavy atom. The fraction of sp³-hybridized carbons (Fsp3) is 0.152. The first kappa shape index (κ1) is 25.5. The number of ether oxygens (including phenoxy) is 1. The summed E-state index contributed by atoms with van der Waals surface area (Å²) < 4.78 is 5.21. The van der Waals surface area contributed by atoms with Crippen LogP contribution in [-0.2, 0) is 14.3 Å². The lowest BCUT2D eigenvalue weighted by Gasteiger charge is -2.45. The van der Waals surface area contributed by atoms with E-state index in [1.54, 1.807) is 12.1 Å². The summed E-state index contributed by atoms with van der Waals surface area (Å²) in [4.78, 5) is 64.8. The molecule has 1 heterocycles. The van der Waals surface area contributed by atoms with Crippen LogP contribution < -0.4 is 4.90 Å². The first-order valence-electron chi connectivity index (χ1n) is 13.5. The molecule has 2 atom stereocenters. The minimum Gasteiger partial charge on any atom is -0.454 e. The molecule has 0 N–H and O–H groups in total. The summed E-state index contributed by atoms with van der Waals surface area (Å²) >= 11 is 0. The predicted octanol–water partition coefficient (Wildman–Crippen LogP) is 5.03.